The van der Waals surface area contributed by atoms with Crippen LogP contribution in [0.1, 0.15) is 25.0 Å². The van der Waals surface area contributed by atoms with E-state index in [2.05, 4.69) is 110 Å². The molecule has 0 fully saturated rings. The fraction of sp³-hybridized carbons (Fsp3) is 0.0857. The smallest absolute Gasteiger partial charge is 0.478 e. The number of fused-ring (bicyclic) bond motifs is 6. The van der Waals surface area contributed by atoms with Crippen LogP contribution in [0.2, 0.25) is 0 Å². The second kappa shape index (κ2) is 13.2. The second-order valence-corrected chi connectivity index (χ2v) is 9.57. The van der Waals surface area contributed by atoms with Gasteiger partial charge < -0.3 is 10.2 Å². The number of benzene rings is 4. The maximum Gasteiger partial charge on any atom is 2.00 e. The van der Waals surface area contributed by atoms with Gasteiger partial charge in [-0.25, -0.2) is 9.59 Å². The average Bonchev–Trinajstić information content (AvgIpc) is 3.49. The zero-order chi connectivity index (χ0) is 28.1. The third-order valence-corrected chi connectivity index (χ3v) is 6.61. The van der Waals surface area contributed by atoms with E-state index in [1.54, 1.807) is 0 Å². The van der Waals surface area contributed by atoms with Gasteiger partial charge in [0.1, 0.15) is 0 Å². The first-order valence-corrected chi connectivity index (χ1v) is 12.6. The largest absolute Gasteiger partial charge is 2.00 e. The zero-order valence-electron chi connectivity index (χ0n) is 22.6. The number of carboxylic acids is 2. The molecule has 0 aliphatic rings. The Kier molecular flexibility index (Phi) is 10.0. The summed E-state index contributed by atoms with van der Waals surface area (Å²) in [5.74, 6) is -1.87. The molecular weight excluding hydrogens is 532 g/mol. The molecule has 0 radical (unpaired) electrons. The number of rotatable bonds is 4. The molecule has 6 aromatic rings. The van der Waals surface area contributed by atoms with Crippen LogP contribution in [0.4, 0.5) is 0 Å². The van der Waals surface area contributed by atoms with Crippen molar-refractivity contribution in [3.8, 4) is 0 Å². The number of hydrogen-bond acceptors (Lipinski definition) is 2. The van der Waals surface area contributed by atoms with Gasteiger partial charge in [-0.05, 0) is 13.8 Å². The normalized spacial score (nSPS) is 10.2. The molecule has 0 bridgehead atoms. The maximum absolute atomic E-state index is 9.60. The van der Waals surface area contributed by atoms with Gasteiger partial charge in [0.15, 0.2) is 0 Å². The van der Waals surface area contributed by atoms with E-state index in [0.29, 0.717) is 0 Å². The van der Waals surface area contributed by atoms with E-state index in [4.69, 9.17) is 10.2 Å². The Morgan fingerprint density at radius 2 is 0.925 bits per heavy atom. The van der Waals surface area contributed by atoms with Gasteiger partial charge in [0.05, 0.1) is 0 Å². The third-order valence-electron chi connectivity index (χ3n) is 6.61. The van der Waals surface area contributed by atoms with Crippen LogP contribution in [-0.2, 0) is 37.7 Å². The van der Waals surface area contributed by atoms with Crippen LogP contribution in [0.3, 0.4) is 0 Å². The van der Waals surface area contributed by atoms with Gasteiger partial charge in [-0.15, -0.1) is 78.5 Å². The summed E-state index contributed by atoms with van der Waals surface area (Å²) in [5, 5.41) is 26.6. The Bertz CT molecular complexity index is 1690. The number of carboxylic acid groups (broad SMARTS) is 2. The van der Waals surface area contributed by atoms with Gasteiger partial charge in [-0.2, -0.15) is 0 Å². The first-order chi connectivity index (χ1) is 18.7. The number of carbonyl (C=O) groups is 2. The van der Waals surface area contributed by atoms with Crippen LogP contribution in [0.25, 0.3) is 43.1 Å². The van der Waals surface area contributed by atoms with Crippen molar-refractivity contribution in [2.45, 2.75) is 20.3 Å². The van der Waals surface area contributed by atoms with E-state index in [9.17, 15) is 9.59 Å². The van der Waals surface area contributed by atoms with Gasteiger partial charge in [-0.1, -0.05) is 92.4 Å². The summed E-state index contributed by atoms with van der Waals surface area (Å²) in [5.41, 5.74) is 3.16. The first kappa shape index (κ1) is 30.3. The van der Waals surface area contributed by atoms with Crippen LogP contribution < -0.4 is 0 Å². The molecular formula is C35H30O4Ti. The van der Waals surface area contributed by atoms with Gasteiger partial charge in [0, 0.05) is 11.1 Å². The van der Waals surface area contributed by atoms with Gasteiger partial charge in [0.25, 0.3) is 0 Å². The molecule has 0 spiro atoms. The molecule has 2 N–H and O–H groups in total. The van der Waals surface area contributed by atoms with Crippen LogP contribution in [0.5, 0.6) is 0 Å². The predicted octanol–water partition coefficient (Wildman–Crippen LogP) is 8.62. The molecule has 0 heterocycles. The van der Waals surface area contributed by atoms with Crippen LogP contribution in [0.15, 0.2) is 121 Å². The molecule has 4 nitrogen and oxygen atoms in total. The molecule has 5 heteroatoms. The van der Waals surface area contributed by atoms with Crippen LogP contribution >= 0.6 is 0 Å². The van der Waals surface area contributed by atoms with Crippen molar-refractivity contribution < 1.29 is 41.5 Å². The molecule has 0 aliphatic carbocycles. The number of aliphatic carboxylic acids is 2. The molecule has 0 amide bonds. The van der Waals surface area contributed by atoms with Crippen molar-refractivity contribution in [1.29, 1.82) is 0 Å². The summed E-state index contributed by atoms with van der Waals surface area (Å²) in [6.07, 6.45) is 0.960. The third kappa shape index (κ3) is 6.66. The standard InChI is InChI=1S/C27H18.2C4H6O2.Ti/c1-3-11-22-20(7-1)16-26-18(9-5-13-24(22)26)15-19-10-6-14-25-23-12-4-2-8-21(23)17-27(19)25;2*1-3(2)4(5)6;/h1-14,16-17H,15H2;2*1H2,2H3,(H,5,6);/q-2;;;+2. The van der Waals surface area contributed by atoms with Crippen LogP contribution in [0, 0.1) is 0 Å². The zero-order valence-corrected chi connectivity index (χ0v) is 24.1. The molecule has 6 aromatic carbocycles. The van der Waals surface area contributed by atoms with E-state index < -0.39 is 11.9 Å². The molecule has 0 aromatic heterocycles. The Hall–Kier alpha value is -4.25. The molecule has 198 valence electrons. The van der Waals surface area contributed by atoms with E-state index >= 15 is 0 Å². The Morgan fingerprint density at radius 1 is 0.600 bits per heavy atom. The number of hydrogen-bond donors (Lipinski definition) is 2. The summed E-state index contributed by atoms with van der Waals surface area (Å²) in [4.78, 5) is 19.2. The van der Waals surface area contributed by atoms with Crippen molar-refractivity contribution in [3.63, 3.8) is 0 Å². The summed E-state index contributed by atoms with van der Waals surface area (Å²) < 4.78 is 0. The average molecular weight is 562 g/mol. The predicted molar refractivity (Wildman–Crippen MR) is 162 cm³/mol. The van der Waals surface area contributed by atoms with E-state index in [1.807, 2.05) is 0 Å². The minimum atomic E-state index is -0.935. The summed E-state index contributed by atoms with van der Waals surface area (Å²) in [6, 6.07) is 35.5. The fourth-order valence-corrected chi connectivity index (χ4v) is 4.60. The van der Waals surface area contributed by atoms with Crippen molar-refractivity contribution in [1.82, 2.24) is 0 Å². The molecule has 40 heavy (non-hydrogen) atoms. The minimum absolute atomic E-state index is 0. The summed E-state index contributed by atoms with van der Waals surface area (Å²) in [7, 11) is 0. The topological polar surface area (TPSA) is 74.6 Å². The van der Waals surface area contributed by atoms with E-state index in [-0.39, 0.29) is 32.9 Å². The van der Waals surface area contributed by atoms with Gasteiger partial charge in [-0.3, -0.25) is 0 Å². The Morgan fingerprint density at radius 3 is 1.27 bits per heavy atom. The maximum atomic E-state index is 9.60. The fourth-order valence-electron chi connectivity index (χ4n) is 4.60. The van der Waals surface area contributed by atoms with Crippen molar-refractivity contribution in [2.24, 2.45) is 0 Å². The minimum Gasteiger partial charge on any atom is -0.478 e. The summed E-state index contributed by atoms with van der Waals surface area (Å²) >= 11 is 0. The summed E-state index contributed by atoms with van der Waals surface area (Å²) in [6.45, 7) is 9.20. The first-order valence-electron chi connectivity index (χ1n) is 12.6. The molecule has 0 saturated heterocycles. The molecule has 0 saturated carbocycles. The second-order valence-electron chi connectivity index (χ2n) is 9.57. The van der Waals surface area contributed by atoms with E-state index in [1.165, 1.54) is 68.1 Å². The van der Waals surface area contributed by atoms with E-state index in [0.717, 1.165) is 6.42 Å². The van der Waals surface area contributed by atoms with Crippen LogP contribution in [-0.4, -0.2) is 22.2 Å². The van der Waals surface area contributed by atoms with Crippen molar-refractivity contribution >= 4 is 55.0 Å². The molecule has 0 unspecified atom stereocenters. The SMILES string of the molecule is C=C(C)C(=O)O.C=C(C)C(=O)O.[Ti+2].c1ccc2c(c1)[cH-]c1c(Cc3cccc4c3[cH-]c3ccccc34)cccc12. The monoisotopic (exact) mass is 562 g/mol. The quantitative estimate of drug-likeness (QED) is 0.128. The molecule has 0 aliphatic heterocycles. The Balaban J connectivity index is 0.000000289. The molecule has 6 rings (SSSR count). The van der Waals surface area contributed by atoms with Crippen molar-refractivity contribution in [3.05, 3.63) is 132 Å². The van der Waals surface area contributed by atoms with Gasteiger partial charge in [0.2, 0.25) is 0 Å². The molecule has 0 atom stereocenters. The van der Waals surface area contributed by atoms with Crippen molar-refractivity contribution in [2.75, 3.05) is 0 Å². The van der Waals surface area contributed by atoms with Gasteiger partial charge >= 0.3 is 33.7 Å². The Labute approximate surface area is 248 Å².